The van der Waals surface area contributed by atoms with Crippen LogP contribution in [0.5, 0.6) is 0 Å². The summed E-state index contributed by atoms with van der Waals surface area (Å²) in [7, 11) is -6.11. The number of piperazine rings is 3. The summed E-state index contributed by atoms with van der Waals surface area (Å²) in [6.45, 7) is 22.8. The number of carbonyl (C=O) groups excluding carboxylic acids is 3. The first-order valence-corrected chi connectivity index (χ1v) is 39.9. The van der Waals surface area contributed by atoms with E-state index in [1.807, 2.05) is 46.4 Å². The number of sulfonamides is 2. The average molecular weight is 1570 g/mol. The monoisotopic (exact) mass is 1570 g/mol. The SMILES string of the molecule is CC(C)(C)OC(=O)N1CCN(C2CCN(S(=O)(=O)c3ccc4[nH]c(=O)oc4c3)CC2)CC1.CC(C)(C)OC(=O)N1CCN(C2CCNCC2)CC1.O=C(OCc1cc(Cl)cc(C(F)(F)F)c1)N1CCN(C2CCN(S(=O)(=O)c3ccc4[nH]c(=O)oc4c3)CC2)CC1.O=c1[nH]c2ccc(S(=O)(=O)Cl)cc2o1. The molecule has 105 heavy (non-hydrogen) atoms. The first kappa shape index (κ1) is 80.0. The number of benzene rings is 4. The van der Waals surface area contributed by atoms with Crippen molar-refractivity contribution in [2.24, 2.45) is 0 Å². The van der Waals surface area contributed by atoms with Gasteiger partial charge in [-0.05, 0) is 153 Å². The quantitative estimate of drug-likeness (QED) is 0.0742. The van der Waals surface area contributed by atoms with Crippen LogP contribution in [0.3, 0.4) is 0 Å². The molecule has 7 aromatic rings. The third-order valence-corrected chi connectivity index (χ3v) is 23.9. The topological polar surface area (TPSA) is 357 Å². The van der Waals surface area contributed by atoms with E-state index in [1.165, 1.54) is 80.9 Å². The van der Waals surface area contributed by atoms with Gasteiger partial charge < -0.3 is 47.5 Å². The van der Waals surface area contributed by atoms with Crippen molar-refractivity contribution in [2.75, 3.05) is 118 Å². The minimum Gasteiger partial charge on any atom is -0.445 e. The number of aromatic amines is 3. The number of piperidine rings is 3. The highest BCUT2D eigenvalue weighted by Gasteiger charge is 2.38. The summed E-state index contributed by atoms with van der Waals surface area (Å²) in [4.78, 5) is 89.8. The molecule has 0 aliphatic carbocycles. The second-order valence-electron chi connectivity index (χ2n) is 28.1. The number of alkyl halides is 3. The lowest BCUT2D eigenvalue weighted by molar-refractivity contribution is -0.137. The number of H-pyrrole nitrogens is 3. The molecular formula is C67H87Cl2F3N12O18S3. The molecule has 3 amide bonds. The van der Waals surface area contributed by atoms with Crippen molar-refractivity contribution in [2.45, 2.75) is 137 Å². The standard InChI is InChI=1S/C25H26ClF3N4O6S.C21H30N4O6S.C14H27N3O2.C7H4ClNO4S/c26-18-12-16(11-17(13-18)25(27,28)29)15-38-24(35)32-9-7-31(8-10-32)19-3-5-33(6-4-19)40(36,37)20-1-2-21-22(14-20)39-23(34)30-21;1-21(2,3)31-20(27)24-12-10-23(11-13-24)15-6-8-25(9-7-15)32(28,29)16-4-5-17-18(14-16)30-19(26)22-17;1-14(2,3)19-13(18)17-10-8-16(9-11-17)12-4-6-15-7-5-12;8-14(11,12)4-1-2-5-6(3-4)13-7(10)9-5/h1-2,11-14,19H,3-10,15H2,(H,30,34);4-5,14-15H,6-13H2,1-3H3,(H,22,26);12,15H,4-11H2,1-3H3;1-3H,(H,9,10). The summed E-state index contributed by atoms with van der Waals surface area (Å²) in [6, 6.07) is 16.8. The van der Waals surface area contributed by atoms with Gasteiger partial charge in [0.15, 0.2) is 16.7 Å². The van der Waals surface area contributed by atoms with Gasteiger partial charge in [0.2, 0.25) is 20.0 Å². The number of oxazole rings is 3. The Kier molecular flexibility index (Phi) is 25.4. The molecule has 0 saturated carbocycles. The Balaban J connectivity index is 0.000000161. The highest BCUT2D eigenvalue weighted by Crippen LogP contribution is 2.34. The Labute approximate surface area is 613 Å². The number of aromatic nitrogens is 3. The van der Waals surface area contributed by atoms with Gasteiger partial charge in [0.05, 0.1) is 36.8 Å². The summed E-state index contributed by atoms with van der Waals surface area (Å²) in [5, 5.41) is 3.30. The van der Waals surface area contributed by atoms with E-state index in [0.717, 1.165) is 77.3 Å². The summed E-state index contributed by atoms with van der Waals surface area (Å²) in [5.74, 6) is -1.90. The molecule has 3 aromatic heterocycles. The molecule has 0 radical (unpaired) electrons. The molecule has 6 aliphatic heterocycles. The van der Waals surface area contributed by atoms with Crippen molar-refractivity contribution < 1.29 is 80.3 Å². The smallest absolute Gasteiger partial charge is 0.417 e. The zero-order chi connectivity index (χ0) is 76.0. The summed E-state index contributed by atoms with van der Waals surface area (Å²) in [6.07, 6.45) is -0.492. The van der Waals surface area contributed by atoms with Crippen LogP contribution >= 0.6 is 22.3 Å². The number of rotatable bonds is 10. The van der Waals surface area contributed by atoms with E-state index in [0.29, 0.717) is 101 Å². The molecule has 4 N–H and O–H groups in total. The van der Waals surface area contributed by atoms with Gasteiger partial charge in [0, 0.05) is 157 Å². The number of nitrogens with one attached hydrogen (secondary N) is 4. The highest BCUT2D eigenvalue weighted by atomic mass is 35.7. The van der Waals surface area contributed by atoms with Crippen LogP contribution < -0.4 is 22.6 Å². The molecule has 9 heterocycles. The fraction of sp³-hybridized carbons (Fsp3) is 0.552. The van der Waals surface area contributed by atoms with E-state index in [9.17, 15) is 67.2 Å². The molecule has 0 bridgehead atoms. The fourth-order valence-corrected chi connectivity index (χ4v) is 17.2. The number of fused-ring (bicyclic) bond motifs is 3. The Morgan fingerprint density at radius 1 is 0.476 bits per heavy atom. The van der Waals surface area contributed by atoms with Gasteiger partial charge >= 0.3 is 41.7 Å². The average Bonchev–Trinajstić information content (AvgIpc) is 1.74. The molecule has 4 aromatic carbocycles. The number of carbonyl (C=O) groups is 3. The molecule has 13 rings (SSSR count). The van der Waals surface area contributed by atoms with E-state index in [4.69, 9.17) is 45.3 Å². The van der Waals surface area contributed by atoms with Crippen LogP contribution in [0, 0.1) is 0 Å². The Morgan fingerprint density at radius 2 is 0.819 bits per heavy atom. The van der Waals surface area contributed by atoms with Crippen molar-refractivity contribution in [3.63, 3.8) is 0 Å². The third-order valence-electron chi connectivity index (χ3n) is 18.6. The molecule has 38 heteroatoms. The van der Waals surface area contributed by atoms with Gasteiger partial charge in [-0.1, -0.05) is 11.6 Å². The van der Waals surface area contributed by atoms with Gasteiger partial charge in [0.1, 0.15) is 17.8 Å². The Bertz CT molecular complexity index is 4740. The lowest BCUT2D eigenvalue weighted by Crippen LogP contribution is -2.55. The number of halogens is 5. The van der Waals surface area contributed by atoms with E-state index in [1.54, 1.807) is 11.0 Å². The number of amides is 3. The third kappa shape index (κ3) is 21.4. The normalized spacial score (nSPS) is 18.9. The zero-order valence-corrected chi connectivity index (χ0v) is 62.8. The van der Waals surface area contributed by atoms with Crippen molar-refractivity contribution in [1.29, 1.82) is 0 Å². The summed E-state index contributed by atoms with van der Waals surface area (Å²) >= 11 is 5.79. The number of nitrogens with zero attached hydrogens (tertiary/aromatic N) is 8. The van der Waals surface area contributed by atoms with Crippen LogP contribution in [0.25, 0.3) is 33.3 Å². The van der Waals surface area contributed by atoms with Crippen LogP contribution in [-0.2, 0) is 56.1 Å². The highest BCUT2D eigenvalue weighted by molar-refractivity contribution is 8.13. The number of hydrogen-bond acceptors (Lipinski definition) is 22. The lowest BCUT2D eigenvalue weighted by atomic mass is 10.0. The molecule has 6 aliphatic rings. The fourth-order valence-electron chi connectivity index (χ4n) is 13.2. The van der Waals surface area contributed by atoms with Gasteiger partial charge in [0.25, 0.3) is 9.05 Å². The second kappa shape index (κ2) is 33.3. The Hall–Kier alpha value is -7.52. The first-order chi connectivity index (χ1) is 49.3. The predicted octanol–water partition coefficient (Wildman–Crippen LogP) is 8.07. The van der Waals surface area contributed by atoms with E-state index in [-0.39, 0.29) is 72.9 Å². The van der Waals surface area contributed by atoms with Crippen molar-refractivity contribution in [1.82, 2.24) is 58.3 Å². The molecule has 6 fully saturated rings. The van der Waals surface area contributed by atoms with Gasteiger partial charge in [-0.2, -0.15) is 21.8 Å². The van der Waals surface area contributed by atoms with Crippen LogP contribution in [0.4, 0.5) is 27.6 Å². The summed E-state index contributed by atoms with van der Waals surface area (Å²) in [5.41, 5.74) is 0.219. The zero-order valence-electron chi connectivity index (χ0n) is 58.9. The minimum atomic E-state index is -4.56. The maximum atomic E-state index is 13.2. The number of hydrogen-bond donors (Lipinski definition) is 4. The molecule has 0 atom stereocenters. The van der Waals surface area contributed by atoms with Crippen LogP contribution in [-0.4, -0.2) is 244 Å². The largest absolute Gasteiger partial charge is 0.445 e. The maximum absolute atomic E-state index is 13.2. The molecule has 0 spiro atoms. The second-order valence-corrected chi connectivity index (χ2v) is 35.0. The van der Waals surface area contributed by atoms with Gasteiger partial charge in [-0.25, -0.2) is 54.0 Å². The lowest BCUT2D eigenvalue weighted by Gasteiger charge is -2.42. The number of ether oxygens (including phenoxy) is 3. The van der Waals surface area contributed by atoms with E-state index < -0.39 is 75.4 Å². The van der Waals surface area contributed by atoms with Crippen molar-refractivity contribution in [3.8, 4) is 0 Å². The summed E-state index contributed by atoms with van der Waals surface area (Å²) < 4.78 is 147. The molecule has 30 nitrogen and oxygen atoms in total. The van der Waals surface area contributed by atoms with Crippen LogP contribution in [0.1, 0.15) is 91.2 Å². The molecule has 6 saturated heterocycles. The minimum absolute atomic E-state index is 0.0562. The van der Waals surface area contributed by atoms with Crippen LogP contribution in [0.15, 0.2) is 115 Å². The first-order valence-electron chi connectivity index (χ1n) is 34.4. The molecule has 0 unspecified atom stereocenters. The van der Waals surface area contributed by atoms with Gasteiger partial charge in [-0.3, -0.25) is 29.7 Å². The molecule has 576 valence electrons. The van der Waals surface area contributed by atoms with E-state index >= 15 is 0 Å². The maximum Gasteiger partial charge on any atom is 0.417 e. The molecular weight excluding hydrogens is 1480 g/mol. The van der Waals surface area contributed by atoms with Crippen molar-refractivity contribution >= 4 is 103 Å². The van der Waals surface area contributed by atoms with E-state index in [2.05, 4.69) is 39.4 Å². The van der Waals surface area contributed by atoms with Crippen molar-refractivity contribution in [3.05, 3.63) is 121 Å². The van der Waals surface area contributed by atoms with Gasteiger partial charge in [-0.15, -0.1) is 0 Å². The Morgan fingerprint density at radius 3 is 1.17 bits per heavy atom. The predicted molar refractivity (Wildman–Crippen MR) is 382 cm³/mol. The van der Waals surface area contributed by atoms with Crippen LogP contribution in [0.2, 0.25) is 5.02 Å².